The SMILES string of the molecule is CC(C)(C)OC(=O)NCC(=Cc1cc(F)c(C=O)cc1F)B1OC(C)(C)C(C)(C)O1. The topological polar surface area (TPSA) is 73.9 Å². The third-order valence-electron chi connectivity index (χ3n) is 4.98. The molecule has 0 saturated carbocycles. The van der Waals surface area contributed by atoms with Gasteiger partial charge in [0.2, 0.25) is 0 Å². The van der Waals surface area contributed by atoms with Crippen molar-refractivity contribution in [3.63, 3.8) is 0 Å². The van der Waals surface area contributed by atoms with E-state index < -0.39 is 41.6 Å². The van der Waals surface area contributed by atoms with Crippen molar-refractivity contribution < 1.29 is 32.4 Å². The summed E-state index contributed by atoms with van der Waals surface area (Å²) >= 11 is 0. The van der Waals surface area contributed by atoms with Gasteiger partial charge < -0.3 is 19.4 Å². The second kappa shape index (κ2) is 8.47. The second-order valence-corrected chi connectivity index (χ2v) is 9.18. The Morgan fingerprint density at radius 2 is 1.60 bits per heavy atom. The minimum atomic E-state index is -0.904. The molecule has 1 aromatic carbocycles. The molecule has 0 atom stereocenters. The molecule has 1 fully saturated rings. The molecule has 0 radical (unpaired) electrons. The average molecular weight is 423 g/mol. The first-order valence-electron chi connectivity index (χ1n) is 9.62. The molecular formula is C21H28BF2NO5. The number of halogens is 2. The van der Waals surface area contributed by atoms with E-state index in [2.05, 4.69) is 5.32 Å². The molecule has 0 bridgehead atoms. The van der Waals surface area contributed by atoms with Gasteiger partial charge >= 0.3 is 13.2 Å². The normalized spacial score (nSPS) is 18.3. The number of hydrogen-bond donors (Lipinski definition) is 1. The van der Waals surface area contributed by atoms with Gasteiger partial charge in [0.1, 0.15) is 17.2 Å². The molecule has 1 heterocycles. The number of carbonyl (C=O) groups is 2. The van der Waals surface area contributed by atoms with Crippen molar-refractivity contribution in [2.75, 3.05) is 6.54 Å². The van der Waals surface area contributed by atoms with Gasteiger partial charge in [-0.2, -0.15) is 0 Å². The quantitative estimate of drug-likeness (QED) is 0.564. The molecule has 2 rings (SSSR count). The number of alkyl carbamates (subject to hydrolysis) is 1. The van der Waals surface area contributed by atoms with Crippen molar-refractivity contribution in [3.05, 3.63) is 40.4 Å². The summed E-state index contributed by atoms with van der Waals surface area (Å²) in [6.45, 7) is 12.5. The molecule has 1 aromatic rings. The first kappa shape index (κ1) is 24.0. The van der Waals surface area contributed by atoms with Crippen LogP contribution < -0.4 is 5.32 Å². The minimum Gasteiger partial charge on any atom is -0.444 e. The highest BCUT2D eigenvalue weighted by Crippen LogP contribution is 2.38. The summed E-state index contributed by atoms with van der Waals surface area (Å²) in [5.74, 6) is -1.64. The van der Waals surface area contributed by atoms with Gasteiger partial charge in [-0.3, -0.25) is 4.79 Å². The lowest BCUT2D eigenvalue weighted by atomic mass is 9.77. The largest absolute Gasteiger partial charge is 0.492 e. The van der Waals surface area contributed by atoms with E-state index in [1.165, 1.54) is 6.08 Å². The van der Waals surface area contributed by atoms with E-state index in [0.717, 1.165) is 12.1 Å². The molecule has 0 aliphatic carbocycles. The van der Waals surface area contributed by atoms with Crippen molar-refractivity contribution >= 4 is 25.6 Å². The summed E-state index contributed by atoms with van der Waals surface area (Å²) < 4.78 is 45.7. The van der Waals surface area contributed by atoms with E-state index in [1.807, 2.05) is 27.7 Å². The Balaban J connectivity index is 2.37. The van der Waals surface area contributed by atoms with Gasteiger partial charge in [0, 0.05) is 12.1 Å². The fourth-order valence-electron chi connectivity index (χ4n) is 2.66. The third-order valence-corrected chi connectivity index (χ3v) is 4.98. The van der Waals surface area contributed by atoms with E-state index in [4.69, 9.17) is 14.0 Å². The Bertz CT molecular complexity index is 846. The van der Waals surface area contributed by atoms with Crippen LogP contribution in [0.2, 0.25) is 0 Å². The number of ether oxygens (including phenoxy) is 1. The van der Waals surface area contributed by atoms with Crippen LogP contribution >= 0.6 is 0 Å². The average Bonchev–Trinajstić information content (AvgIpc) is 2.80. The standard InChI is InChI=1S/C21H28BF2NO5/c1-19(2,3)28-18(27)25-11-15(22-29-20(4,5)21(6,7)30-22)8-13-9-17(24)14(12-26)10-16(13)23/h8-10,12H,11H2,1-7H3,(H,25,27). The maximum Gasteiger partial charge on any atom is 0.492 e. The van der Waals surface area contributed by atoms with E-state index in [0.29, 0.717) is 5.47 Å². The van der Waals surface area contributed by atoms with Gasteiger partial charge in [-0.25, -0.2) is 13.6 Å². The Labute approximate surface area is 176 Å². The minimum absolute atomic E-state index is 0.0811. The monoisotopic (exact) mass is 423 g/mol. The van der Waals surface area contributed by atoms with Crippen molar-refractivity contribution in [2.45, 2.75) is 65.3 Å². The van der Waals surface area contributed by atoms with Crippen molar-refractivity contribution in [1.29, 1.82) is 0 Å². The highest BCUT2D eigenvalue weighted by Gasteiger charge is 2.52. The van der Waals surface area contributed by atoms with Gasteiger partial charge in [0.15, 0.2) is 6.29 Å². The van der Waals surface area contributed by atoms with Crippen LogP contribution in [0.5, 0.6) is 0 Å². The maximum atomic E-state index is 14.4. The second-order valence-electron chi connectivity index (χ2n) is 9.18. The molecule has 1 aliphatic rings. The molecule has 1 amide bonds. The molecule has 1 aliphatic heterocycles. The number of aldehydes is 1. The predicted molar refractivity (Wildman–Crippen MR) is 110 cm³/mol. The lowest BCUT2D eigenvalue weighted by molar-refractivity contribution is 0.00578. The van der Waals surface area contributed by atoms with E-state index >= 15 is 0 Å². The lowest BCUT2D eigenvalue weighted by Crippen LogP contribution is -2.41. The highest BCUT2D eigenvalue weighted by molar-refractivity contribution is 6.56. The molecule has 164 valence electrons. The molecular weight excluding hydrogens is 395 g/mol. The first-order chi connectivity index (χ1) is 13.6. The van der Waals surface area contributed by atoms with Gasteiger partial charge in [-0.05, 0) is 66.1 Å². The smallest absolute Gasteiger partial charge is 0.444 e. The number of hydrogen-bond acceptors (Lipinski definition) is 5. The van der Waals surface area contributed by atoms with Crippen LogP contribution in [0, 0.1) is 11.6 Å². The summed E-state index contributed by atoms with van der Waals surface area (Å²) in [5.41, 5.74) is -2.17. The molecule has 6 nitrogen and oxygen atoms in total. The van der Waals surface area contributed by atoms with Crippen LogP contribution in [0.4, 0.5) is 13.6 Å². The van der Waals surface area contributed by atoms with Gasteiger partial charge in [0.05, 0.1) is 16.8 Å². The number of carbonyl (C=O) groups excluding carboxylic acids is 2. The molecule has 0 spiro atoms. The molecule has 0 unspecified atom stereocenters. The van der Waals surface area contributed by atoms with Crippen LogP contribution in [0.3, 0.4) is 0 Å². The van der Waals surface area contributed by atoms with E-state index in [9.17, 15) is 18.4 Å². The third kappa shape index (κ3) is 5.67. The Morgan fingerprint density at radius 3 is 2.10 bits per heavy atom. The summed E-state index contributed by atoms with van der Waals surface area (Å²) in [4.78, 5) is 22.9. The van der Waals surface area contributed by atoms with Crippen molar-refractivity contribution in [1.82, 2.24) is 5.32 Å². The highest BCUT2D eigenvalue weighted by atomic mass is 19.1. The first-order valence-corrected chi connectivity index (χ1v) is 9.62. The zero-order valence-corrected chi connectivity index (χ0v) is 18.4. The molecule has 1 saturated heterocycles. The number of rotatable bonds is 5. The predicted octanol–water partition coefficient (Wildman–Crippen LogP) is 4.32. The van der Waals surface area contributed by atoms with Crippen LogP contribution in [0.25, 0.3) is 6.08 Å². The Morgan fingerprint density at radius 1 is 1.10 bits per heavy atom. The fraction of sp³-hybridized carbons (Fsp3) is 0.524. The maximum absolute atomic E-state index is 14.4. The zero-order valence-electron chi connectivity index (χ0n) is 18.4. The van der Waals surface area contributed by atoms with E-state index in [-0.39, 0.29) is 24.0 Å². The van der Waals surface area contributed by atoms with Gasteiger partial charge in [-0.15, -0.1) is 0 Å². The lowest BCUT2D eigenvalue weighted by Gasteiger charge is -2.32. The fourth-order valence-corrected chi connectivity index (χ4v) is 2.66. The summed E-state index contributed by atoms with van der Waals surface area (Å²) in [7, 11) is -0.904. The summed E-state index contributed by atoms with van der Waals surface area (Å²) in [6, 6.07) is 1.73. The van der Waals surface area contributed by atoms with Gasteiger partial charge in [0.25, 0.3) is 0 Å². The van der Waals surface area contributed by atoms with Crippen LogP contribution in [0.15, 0.2) is 17.6 Å². The van der Waals surface area contributed by atoms with Crippen LogP contribution in [0.1, 0.15) is 64.4 Å². The zero-order chi connectivity index (χ0) is 22.9. The van der Waals surface area contributed by atoms with Crippen molar-refractivity contribution in [2.24, 2.45) is 0 Å². The number of nitrogens with one attached hydrogen (secondary N) is 1. The Hall–Kier alpha value is -2.26. The molecule has 1 N–H and O–H groups in total. The van der Waals surface area contributed by atoms with Crippen molar-refractivity contribution in [3.8, 4) is 0 Å². The number of benzene rings is 1. The summed E-state index contributed by atoms with van der Waals surface area (Å²) in [6.07, 6.45) is 0.908. The molecule has 9 heteroatoms. The summed E-state index contributed by atoms with van der Waals surface area (Å²) in [5, 5.41) is 2.59. The van der Waals surface area contributed by atoms with Crippen LogP contribution in [-0.4, -0.2) is 42.8 Å². The Kier molecular flexibility index (Phi) is 6.78. The molecule has 30 heavy (non-hydrogen) atoms. The van der Waals surface area contributed by atoms with Gasteiger partial charge in [-0.1, -0.05) is 6.08 Å². The van der Waals surface area contributed by atoms with E-state index in [1.54, 1.807) is 20.8 Å². The van der Waals surface area contributed by atoms with Crippen LogP contribution in [-0.2, 0) is 14.0 Å². The molecule has 0 aromatic heterocycles. The number of amides is 1.